The van der Waals surface area contributed by atoms with Crippen molar-refractivity contribution in [2.75, 3.05) is 0 Å². The molecule has 4 rings (SSSR count). The van der Waals surface area contributed by atoms with Gasteiger partial charge in [0, 0.05) is 5.56 Å². The molecular weight excluding hydrogens is 375 g/mol. The highest BCUT2D eigenvalue weighted by Crippen LogP contribution is 2.33. The molecule has 2 heterocycles. The van der Waals surface area contributed by atoms with Gasteiger partial charge in [0.05, 0.1) is 6.54 Å². The van der Waals surface area contributed by atoms with Crippen LogP contribution < -0.4 is 5.32 Å². The quantitative estimate of drug-likeness (QED) is 0.669. The van der Waals surface area contributed by atoms with Crippen molar-refractivity contribution in [2.45, 2.75) is 32.4 Å². The van der Waals surface area contributed by atoms with E-state index in [0.717, 1.165) is 16.0 Å². The van der Waals surface area contributed by atoms with Crippen molar-refractivity contribution in [3.63, 3.8) is 0 Å². The van der Waals surface area contributed by atoms with Gasteiger partial charge in [0.1, 0.15) is 11.4 Å². The molecule has 1 N–H and O–H groups in total. The lowest BCUT2D eigenvalue weighted by molar-refractivity contribution is -0.132. The molecule has 8 heteroatoms. The van der Waals surface area contributed by atoms with Crippen LogP contribution in [0.5, 0.6) is 0 Å². The molecule has 0 aliphatic carbocycles. The summed E-state index contributed by atoms with van der Waals surface area (Å²) in [5.74, 6) is -0.315. The van der Waals surface area contributed by atoms with Gasteiger partial charge in [-0.05, 0) is 43.2 Å². The Morgan fingerprint density at radius 1 is 1.10 bits per heavy atom. The van der Waals surface area contributed by atoms with E-state index in [-0.39, 0.29) is 12.4 Å². The van der Waals surface area contributed by atoms with Crippen LogP contribution in [0.25, 0.3) is 11.5 Å². The van der Waals surface area contributed by atoms with Crippen molar-refractivity contribution >= 4 is 11.9 Å². The first-order valence-electron chi connectivity index (χ1n) is 9.23. The van der Waals surface area contributed by atoms with E-state index in [9.17, 15) is 14.0 Å². The molecule has 148 valence electrons. The summed E-state index contributed by atoms with van der Waals surface area (Å²) in [6.45, 7) is 3.64. The van der Waals surface area contributed by atoms with Crippen LogP contribution in [0.15, 0.2) is 53.1 Å². The van der Waals surface area contributed by atoms with Gasteiger partial charge in [0.15, 0.2) is 5.82 Å². The number of carbonyl (C=O) groups excluding carboxylic acids is 2. The van der Waals surface area contributed by atoms with Gasteiger partial charge in [-0.15, -0.1) is 0 Å². The molecule has 1 unspecified atom stereocenters. The fourth-order valence-electron chi connectivity index (χ4n) is 3.42. The fraction of sp³-hybridized carbons (Fsp3) is 0.238. The third-order valence-electron chi connectivity index (χ3n) is 5.11. The van der Waals surface area contributed by atoms with E-state index in [1.165, 1.54) is 24.3 Å². The number of rotatable bonds is 5. The third-order valence-corrected chi connectivity index (χ3v) is 5.11. The zero-order chi connectivity index (χ0) is 20.6. The van der Waals surface area contributed by atoms with E-state index >= 15 is 0 Å². The second-order valence-electron chi connectivity index (χ2n) is 6.97. The van der Waals surface area contributed by atoms with E-state index in [4.69, 9.17) is 4.52 Å². The Balaban J connectivity index is 1.58. The predicted molar refractivity (Wildman–Crippen MR) is 102 cm³/mol. The minimum atomic E-state index is -1.24. The third kappa shape index (κ3) is 3.26. The molecule has 1 atom stereocenters. The summed E-state index contributed by atoms with van der Waals surface area (Å²) in [5.41, 5.74) is 1.13. The molecule has 1 aromatic heterocycles. The molecule has 0 bridgehead atoms. The SMILES string of the molecule is CCC1(c2ccc(F)cc2)NC(=O)N(Cc2noc(-c3ccc(C)cc3)n2)C1=O. The molecule has 29 heavy (non-hydrogen) atoms. The van der Waals surface area contributed by atoms with Crippen LogP contribution >= 0.6 is 0 Å². The summed E-state index contributed by atoms with van der Waals surface area (Å²) in [6.07, 6.45) is 0.320. The molecule has 3 amide bonds. The van der Waals surface area contributed by atoms with Crippen LogP contribution in [0.3, 0.4) is 0 Å². The first-order chi connectivity index (χ1) is 13.9. The number of nitrogens with one attached hydrogen (secondary N) is 1. The molecule has 0 radical (unpaired) electrons. The number of urea groups is 1. The summed E-state index contributed by atoms with van der Waals surface area (Å²) < 4.78 is 18.6. The zero-order valence-corrected chi connectivity index (χ0v) is 16.0. The smallest absolute Gasteiger partial charge is 0.325 e. The van der Waals surface area contributed by atoms with Crippen LogP contribution in [-0.2, 0) is 16.9 Å². The highest BCUT2D eigenvalue weighted by Gasteiger charge is 2.51. The second-order valence-corrected chi connectivity index (χ2v) is 6.97. The number of aromatic nitrogens is 2. The molecule has 1 fully saturated rings. The summed E-state index contributed by atoms with van der Waals surface area (Å²) in [6, 6.07) is 12.6. The number of imide groups is 1. The summed E-state index contributed by atoms with van der Waals surface area (Å²) in [5, 5.41) is 6.64. The molecule has 3 aromatic rings. The van der Waals surface area contributed by atoms with Gasteiger partial charge in [-0.25, -0.2) is 9.18 Å². The van der Waals surface area contributed by atoms with Crippen LogP contribution in [0.4, 0.5) is 9.18 Å². The van der Waals surface area contributed by atoms with Crippen molar-refractivity contribution in [1.82, 2.24) is 20.4 Å². The van der Waals surface area contributed by atoms with Crippen LogP contribution in [0.2, 0.25) is 0 Å². The van der Waals surface area contributed by atoms with Crippen molar-refractivity contribution in [3.8, 4) is 11.5 Å². The minimum Gasteiger partial charge on any atom is -0.334 e. The van der Waals surface area contributed by atoms with E-state index in [1.807, 2.05) is 31.2 Å². The molecular formula is C21H19FN4O3. The van der Waals surface area contributed by atoms with Crippen molar-refractivity contribution in [1.29, 1.82) is 0 Å². The van der Waals surface area contributed by atoms with Gasteiger partial charge in [-0.3, -0.25) is 9.69 Å². The van der Waals surface area contributed by atoms with Gasteiger partial charge in [0.2, 0.25) is 0 Å². The minimum absolute atomic E-state index is 0.122. The number of hydrogen-bond donors (Lipinski definition) is 1. The lowest BCUT2D eigenvalue weighted by Crippen LogP contribution is -2.43. The molecule has 0 spiro atoms. The highest BCUT2D eigenvalue weighted by molar-refractivity contribution is 6.07. The lowest BCUT2D eigenvalue weighted by atomic mass is 9.87. The van der Waals surface area contributed by atoms with E-state index in [1.54, 1.807) is 6.92 Å². The maximum atomic E-state index is 13.3. The van der Waals surface area contributed by atoms with Crippen LogP contribution in [0, 0.1) is 12.7 Å². The van der Waals surface area contributed by atoms with Crippen molar-refractivity contribution in [3.05, 3.63) is 71.3 Å². The maximum absolute atomic E-state index is 13.3. The second kappa shape index (κ2) is 7.12. The predicted octanol–water partition coefficient (Wildman–Crippen LogP) is 3.54. The topological polar surface area (TPSA) is 88.3 Å². The Hall–Kier alpha value is -3.55. The van der Waals surface area contributed by atoms with E-state index in [2.05, 4.69) is 15.5 Å². The van der Waals surface area contributed by atoms with Gasteiger partial charge < -0.3 is 9.84 Å². The van der Waals surface area contributed by atoms with E-state index in [0.29, 0.717) is 17.9 Å². The summed E-state index contributed by atoms with van der Waals surface area (Å²) >= 11 is 0. The molecule has 1 saturated heterocycles. The highest BCUT2D eigenvalue weighted by atomic mass is 19.1. The number of aryl methyl sites for hydroxylation is 1. The van der Waals surface area contributed by atoms with Gasteiger partial charge in [0.25, 0.3) is 11.8 Å². The number of halogens is 1. The summed E-state index contributed by atoms with van der Waals surface area (Å²) in [4.78, 5) is 31.0. The average Bonchev–Trinajstić information content (AvgIpc) is 3.28. The fourth-order valence-corrected chi connectivity index (χ4v) is 3.42. The average molecular weight is 394 g/mol. The largest absolute Gasteiger partial charge is 0.334 e. The van der Waals surface area contributed by atoms with Crippen molar-refractivity contribution in [2.24, 2.45) is 0 Å². The number of nitrogens with zero attached hydrogens (tertiary/aromatic N) is 3. The first-order valence-corrected chi connectivity index (χ1v) is 9.23. The molecule has 7 nitrogen and oxygen atoms in total. The first kappa shape index (κ1) is 18.8. The molecule has 1 aliphatic heterocycles. The Morgan fingerprint density at radius 3 is 2.45 bits per heavy atom. The van der Waals surface area contributed by atoms with Crippen LogP contribution in [0.1, 0.15) is 30.3 Å². The summed E-state index contributed by atoms with van der Waals surface area (Å²) in [7, 11) is 0. The molecule has 0 saturated carbocycles. The molecule has 1 aliphatic rings. The van der Waals surface area contributed by atoms with Gasteiger partial charge >= 0.3 is 6.03 Å². The van der Waals surface area contributed by atoms with Gasteiger partial charge in [-0.2, -0.15) is 4.98 Å². The molecule has 2 aromatic carbocycles. The Bertz CT molecular complexity index is 1060. The zero-order valence-electron chi connectivity index (χ0n) is 16.0. The standard InChI is InChI=1S/C21H19FN4O3/c1-3-21(15-8-10-16(22)11-9-15)19(27)26(20(28)24-21)12-17-23-18(29-25-17)14-6-4-13(2)5-7-14/h4-11H,3,12H2,1-2H3,(H,24,28). The number of carbonyl (C=O) groups is 2. The van der Waals surface area contributed by atoms with Crippen molar-refractivity contribution < 1.29 is 18.5 Å². The Kier molecular flexibility index (Phi) is 4.62. The van der Waals surface area contributed by atoms with Gasteiger partial charge in [-0.1, -0.05) is 41.9 Å². The normalized spacial score (nSPS) is 18.9. The Morgan fingerprint density at radius 2 is 1.79 bits per heavy atom. The monoisotopic (exact) mass is 394 g/mol. The Labute approximate surface area is 166 Å². The van der Waals surface area contributed by atoms with Crippen LogP contribution in [-0.4, -0.2) is 27.0 Å². The lowest BCUT2D eigenvalue weighted by Gasteiger charge is -2.25. The van der Waals surface area contributed by atoms with E-state index < -0.39 is 23.3 Å². The maximum Gasteiger partial charge on any atom is 0.325 e. The number of hydrogen-bond acceptors (Lipinski definition) is 5. The number of benzene rings is 2. The number of amides is 3.